The van der Waals surface area contributed by atoms with Gasteiger partial charge in [-0.1, -0.05) is 6.07 Å². The number of amides is 1. The maximum Gasteiger partial charge on any atom is 0.255 e. The minimum absolute atomic E-state index is 0.177. The molecular formula is C24H27N3O3. The number of nitrogens with zero attached hydrogens (tertiary/aromatic N) is 2. The fourth-order valence-electron chi connectivity index (χ4n) is 3.07. The molecule has 0 aliphatic heterocycles. The van der Waals surface area contributed by atoms with Crippen LogP contribution >= 0.6 is 0 Å². The number of hydrogen-bond donors (Lipinski definition) is 1. The highest BCUT2D eigenvalue weighted by molar-refractivity contribution is 6.04. The summed E-state index contributed by atoms with van der Waals surface area (Å²) in [7, 11) is 5.57. The van der Waals surface area contributed by atoms with Crippen LogP contribution in [0.1, 0.15) is 15.9 Å². The second kappa shape index (κ2) is 9.89. The minimum Gasteiger partial charge on any atom is -0.493 e. The zero-order chi connectivity index (χ0) is 21.5. The van der Waals surface area contributed by atoms with Crippen LogP contribution in [-0.2, 0) is 0 Å². The van der Waals surface area contributed by atoms with E-state index in [2.05, 4.69) is 10.3 Å². The summed E-state index contributed by atoms with van der Waals surface area (Å²) in [5.74, 6) is 1.05. The normalized spacial score (nSPS) is 10.7. The van der Waals surface area contributed by atoms with Gasteiger partial charge in [-0.25, -0.2) is 0 Å². The third kappa shape index (κ3) is 5.36. The third-order valence-electron chi connectivity index (χ3n) is 4.70. The van der Waals surface area contributed by atoms with Crippen LogP contribution in [0.25, 0.3) is 11.1 Å². The van der Waals surface area contributed by atoms with Crippen LogP contribution in [0.3, 0.4) is 0 Å². The molecule has 1 N–H and O–H groups in total. The molecule has 1 aromatic heterocycles. The number of rotatable bonds is 8. The molecule has 0 fully saturated rings. The van der Waals surface area contributed by atoms with Gasteiger partial charge < -0.3 is 19.7 Å². The lowest BCUT2D eigenvalue weighted by atomic mass is 9.99. The van der Waals surface area contributed by atoms with E-state index < -0.39 is 0 Å². The summed E-state index contributed by atoms with van der Waals surface area (Å²) in [4.78, 5) is 18.9. The molecule has 0 unspecified atom stereocenters. The highest BCUT2D eigenvalue weighted by atomic mass is 16.5. The van der Waals surface area contributed by atoms with Crippen molar-refractivity contribution in [2.75, 3.05) is 39.7 Å². The summed E-state index contributed by atoms with van der Waals surface area (Å²) in [6, 6.07) is 15.0. The standard InChI is InChI=1S/C24H27N3O3/c1-17-15-19(5-7-21(17)18-9-11-25-12-10-18)24(28)26-20-6-8-22(29-4)23(16-20)30-14-13-27(2)3/h5-12,15-16H,13-14H2,1-4H3,(H,26,28). The van der Waals surface area contributed by atoms with Gasteiger partial charge in [0.25, 0.3) is 5.91 Å². The maximum absolute atomic E-state index is 12.8. The Kier molecular flexibility index (Phi) is 7.03. The largest absolute Gasteiger partial charge is 0.493 e. The lowest BCUT2D eigenvalue weighted by Gasteiger charge is -2.15. The fraction of sp³-hybridized carbons (Fsp3) is 0.250. The van der Waals surface area contributed by atoms with Gasteiger partial charge in [0.2, 0.25) is 0 Å². The van der Waals surface area contributed by atoms with E-state index in [1.54, 1.807) is 37.7 Å². The van der Waals surface area contributed by atoms with Crippen LogP contribution in [0.2, 0.25) is 0 Å². The number of carbonyl (C=O) groups is 1. The number of pyridine rings is 1. The number of likely N-dealkylation sites (N-methyl/N-ethyl adjacent to an activating group) is 1. The number of aromatic nitrogens is 1. The summed E-state index contributed by atoms with van der Waals surface area (Å²) < 4.78 is 11.2. The van der Waals surface area contributed by atoms with Crippen LogP contribution in [0.5, 0.6) is 11.5 Å². The molecule has 1 heterocycles. The van der Waals surface area contributed by atoms with E-state index in [0.29, 0.717) is 29.4 Å². The molecule has 30 heavy (non-hydrogen) atoms. The number of methoxy groups -OCH3 is 1. The molecule has 0 bridgehead atoms. The van der Waals surface area contributed by atoms with Gasteiger partial charge in [-0.3, -0.25) is 9.78 Å². The number of aryl methyl sites for hydroxylation is 1. The Morgan fingerprint density at radius 3 is 2.47 bits per heavy atom. The summed E-state index contributed by atoms with van der Waals surface area (Å²) in [5, 5.41) is 2.94. The van der Waals surface area contributed by atoms with E-state index in [1.807, 2.05) is 56.3 Å². The fourth-order valence-corrected chi connectivity index (χ4v) is 3.07. The first-order valence-electron chi connectivity index (χ1n) is 9.76. The number of anilines is 1. The summed E-state index contributed by atoms with van der Waals surface area (Å²) in [6.07, 6.45) is 3.52. The Labute approximate surface area is 177 Å². The Balaban J connectivity index is 1.74. The first-order chi connectivity index (χ1) is 14.5. The Bertz CT molecular complexity index is 1000. The van der Waals surface area contributed by atoms with Crippen LogP contribution in [0, 0.1) is 6.92 Å². The highest BCUT2D eigenvalue weighted by Crippen LogP contribution is 2.31. The van der Waals surface area contributed by atoms with Crippen molar-refractivity contribution in [3.8, 4) is 22.6 Å². The number of ether oxygens (including phenoxy) is 2. The van der Waals surface area contributed by atoms with Crippen molar-refractivity contribution in [3.63, 3.8) is 0 Å². The minimum atomic E-state index is -0.177. The number of carbonyl (C=O) groups excluding carboxylic acids is 1. The Hall–Kier alpha value is -3.38. The number of benzene rings is 2. The van der Waals surface area contributed by atoms with Gasteiger partial charge in [-0.2, -0.15) is 0 Å². The maximum atomic E-state index is 12.8. The first kappa shape index (κ1) is 21.3. The lowest BCUT2D eigenvalue weighted by molar-refractivity contribution is 0.102. The molecule has 156 valence electrons. The second-order valence-corrected chi connectivity index (χ2v) is 7.24. The predicted octanol–water partition coefficient (Wildman–Crippen LogP) is 4.26. The molecule has 0 atom stereocenters. The van der Waals surface area contributed by atoms with Crippen LogP contribution < -0.4 is 14.8 Å². The molecule has 1 amide bonds. The van der Waals surface area contributed by atoms with Gasteiger partial charge >= 0.3 is 0 Å². The zero-order valence-electron chi connectivity index (χ0n) is 17.8. The molecule has 2 aromatic carbocycles. The molecule has 6 heteroatoms. The summed E-state index contributed by atoms with van der Waals surface area (Å²) >= 11 is 0. The molecule has 0 aliphatic rings. The van der Waals surface area contributed by atoms with Crippen molar-refractivity contribution < 1.29 is 14.3 Å². The van der Waals surface area contributed by atoms with Gasteiger partial charge in [0.05, 0.1) is 7.11 Å². The molecule has 6 nitrogen and oxygen atoms in total. The van der Waals surface area contributed by atoms with E-state index in [9.17, 15) is 4.79 Å². The highest BCUT2D eigenvalue weighted by Gasteiger charge is 2.12. The molecule has 3 rings (SSSR count). The summed E-state index contributed by atoms with van der Waals surface area (Å²) in [6.45, 7) is 3.30. The topological polar surface area (TPSA) is 63.7 Å². The van der Waals surface area contributed by atoms with E-state index >= 15 is 0 Å². The number of nitrogens with one attached hydrogen (secondary N) is 1. The van der Waals surface area contributed by atoms with Crippen molar-refractivity contribution in [1.82, 2.24) is 9.88 Å². The number of hydrogen-bond acceptors (Lipinski definition) is 5. The quantitative estimate of drug-likeness (QED) is 0.607. The van der Waals surface area contributed by atoms with Crippen molar-refractivity contribution in [2.24, 2.45) is 0 Å². The predicted molar refractivity (Wildman–Crippen MR) is 119 cm³/mol. The van der Waals surface area contributed by atoms with E-state index in [1.165, 1.54) is 0 Å². The smallest absolute Gasteiger partial charge is 0.255 e. The second-order valence-electron chi connectivity index (χ2n) is 7.24. The molecule has 0 radical (unpaired) electrons. The first-order valence-corrected chi connectivity index (χ1v) is 9.76. The average molecular weight is 405 g/mol. The van der Waals surface area contributed by atoms with Gasteiger partial charge in [-0.15, -0.1) is 0 Å². The van der Waals surface area contributed by atoms with Crippen molar-refractivity contribution in [1.29, 1.82) is 0 Å². The molecule has 0 aliphatic carbocycles. The molecule has 0 saturated heterocycles. The Morgan fingerprint density at radius 2 is 1.80 bits per heavy atom. The van der Waals surface area contributed by atoms with Gasteiger partial charge in [0, 0.05) is 36.3 Å². The van der Waals surface area contributed by atoms with E-state index in [4.69, 9.17) is 9.47 Å². The van der Waals surface area contributed by atoms with Crippen molar-refractivity contribution >= 4 is 11.6 Å². The molecule has 0 spiro atoms. The monoisotopic (exact) mass is 405 g/mol. The molecular weight excluding hydrogens is 378 g/mol. The van der Waals surface area contributed by atoms with Crippen molar-refractivity contribution in [2.45, 2.75) is 6.92 Å². The lowest BCUT2D eigenvalue weighted by Crippen LogP contribution is -2.19. The average Bonchev–Trinajstić information content (AvgIpc) is 2.74. The van der Waals surface area contributed by atoms with Crippen LogP contribution in [0.4, 0.5) is 5.69 Å². The van der Waals surface area contributed by atoms with E-state index in [-0.39, 0.29) is 5.91 Å². The van der Waals surface area contributed by atoms with Crippen LogP contribution in [0.15, 0.2) is 60.9 Å². The van der Waals surface area contributed by atoms with Crippen LogP contribution in [-0.4, -0.2) is 50.1 Å². The summed E-state index contributed by atoms with van der Waals surface area (Å²) in [5.41, 5.74) is 4.42. The molecule has 3 aromatic rings. The van der Waals surface area contributed by atoms with Gasteiger partial charge in [0.1, 0.15) is 6.61 Å². The Morgan fingerprint density at radius 1 is 1.03 bits per heavy atom. The van der Waals surface area contributed by atoms with Crippen molar-refractivity contribution in [3.05, 3.63) is 72.1 Å². The third-order valence-corrected chi connectivity index (χ3v) is 4.70. The van der Waals surface area contributed by atoms with Gasteiger partial charge in [-0.05, 0) is 74.1 Å². The molecule has 0 saturated carbocycles. The zero-order valence-corrected chi connectivity index (χ0v) is 17.8. The van der Waals surface area contributed by atoms with E-state index in [0.717, 1.165) is 23.2 Å². The van der Waals surface area contributed by atoms with Gasteiger partial charge in [0.15, 0.2) is 11.5 Å². The SMILES string of the molecule is COc1ccc(NC(=O)c2ccc(-c3ccncc3)c(C)c2)cc1OCCN(C)C.